The van der Waals surface area contributed by atoms with Crippen LogP contribution < -0.4 is 35.8 Å². The molecule has 29 heteroatoms. The van der Waals surface area contributed by atoms with Crippen LogP contribution in [-0.2, 0) is 62.5 Å². The van der Waals surface area contributed by atoms with Gasteiger partial charge in [0.1, 0.15) is 5.78 Å². The molecular formula is C74H107AlBrLiMgN3O16S6. The Bertz CT molecular complexity index is 3630. The fourth-order valence-electron chi connectivity index (χ4n) is 14.7. The van der Waals surface area contributed by atoms with Crippen molar-refractivity contribution in [3.63, 3.8) is 0 Å². The molecule has 0 bridgehead atoms. The average Bonchev–Trinajstić information content (AvgIpc) is 1.48. The van der Waals surface area contributed by atoms with E-state index >= 15 is 0 Å². The summed E-state index contributed by atoms with van der Waals surface area (Å²) in [5.41, 5.74) is 2.57. The van der Waals surface area contributed by atoms with Gasteiger partial charge in [-0.2, -0.15) is 0 Å². The number of sulfone groups is 2. The smallest absolute Gasteiger partial charge is 1.00 e. The van der Waals surface area contributed by atoms with E-state index < -0.39 is 30.9 Å². The molecule has 3 aromatic heterocycles. The maximum Gasteiger partial charge on any atom is 2.00 e. The molecular weight excluding hydrogens is 1520 g/mol. The van der Waals surface area contributed by atoms with Crippen LogP contribution in [0.15, 0.2) is 85.8 Å². The van der Waals surface area contributed by atoms with Gasteiger partial charge in [-0.1, -0.05) is 89.7 Å². The van der Waals surface area contributed by atoms with E-state index in [1.54, 1.807) is 25.2 Å². The molecule has 8 fully saturated rings. The number of rotatable bonds is 15. The molecule has 3 radical (unpaired) electrons. The molecule has 7 saturated carbocycles. The molecule has 6 aromatic rings. The molecule has 1 saturated heterocycles. The summed E-state index contributed by atoms with van der Waals surface area (Å²) in [5, 5.41) is 27.5. The first-order valence-electron chi connectivity index (χ1n) is 34.1. The maximum atomic E-state index is 12.4. The van der Waals surface area contributed by atoms with Gasteiger partial charge >= 0.3 is 59.8 Å². The number of carbonyl (C=O) groups excluding carboxylic acids is 4. The minimum atomic E-state index is -3.34. The summed E-state index contributed by atoms with van der Waals surface area (Å²) < 4.78 is 79.5. The minimum absolute atomic E-state index is 0. The van der Waals surface area contributed by atoms with Crippen LogP contribution in [0.3, 0.4) is 0 Å². The summed E-state index contributed by atoms with van der Waals surface area (Å²) in [4.78, 5) is 55.7. The number of fused-ring (bicyclic) bond motifs is 3. The number of benzene rings is 3. The zero-order valence-corrected chi connectivity index (χ0v) is 71.8. The minimum Gasteiger partial charge on any atom is -1.00 e. The second kappa shape index (κ2) is 40.7. The van der Waals surface area contributed by atoms with Gasteiger partial charge in [0.2, 0.25) is 28.4 Å². The van der Waals surface area contributed by atoms with Crippen LogP contribution in [0.4, 0.5) is 0 Å². The summed E-state index contributed by atoms with van der Waals surface area (Å²) in [5.74, 6) is 2.81. The Balaban J connectivity index is 0.000000422. The van der Waals surface area contributed by atoms with Crippen molar-refractivity contribution in [3.05, 3.63) is 80.2 Å². The Labute approximate surface area is 678 Å². The number of halogens is 1. The molecule has 1 atom stereocenters. The van der Waals surface area contributed by atoms with Crippen LogP contribution in [-0.4, -0.2) is 186 Å². The van der Waals surface area contributed by atoms with E-state index in [-0.39, 0.29) is 165 Å². The fraction of sp³-hybridized carbons (Fsp3) is 0.649. The number of aliphatic hydroxyl groups excluding tert-OH is 1. The van der Waals surface area contributed by atoms with Crippen molar-refractivity contribution in [2.75, 3.05) is 51.8 Å². The Morgan fingerprint density at radius 1 is 0.563 bits per heavy atom. The van der Waals surface area contributed by atoms with Gasteiger partial charge in [-0.3, -0.25) is 19.2 Å². The Morgan fingerprint density at radius 2 is 0.951 bits per heavy atom. The normalized spacial score (nSPS) is 25.4. The SMILES string of the molecule is CC1(C)CC(CO)C1.CC1(C)CC(CS(=O)(=O)c2nc3ccccc3s2)C1.CC1(O)CC(CS(=O)(=O)c2nc3ccccc3s2)C1.CC1(OC2CCCCO2)CC(CSc2nc3ccccc3s2)C1.COC(=O)C1CC(=O)C1.COC(=O)C1CC(C)(C)C1.COC(=O)C1CC(C)(O)C1.[Al].[Br-].[CH3-].[H-].[Li+].[Mg+2]. The number of aliphatic hydroxyl groups is 3. The number of hydrogen-bond acceptors (Lipinski definition) is 23. The van der Waals surface area contributed by atoms with Crippen LogP contribution in [0.25, 0.3) is 30.6 Å². The molecule has 19 nitrogen and oxygen atoms in total. The Kier molecular flexibility index (Phi) is 37.5. The van der Waals surface area contributed by atoms with E-state index in [1.165, 1.54) is 78.7 Å². The summed E-state index contributed by atoms with van der Waals surface area (Å²) in [6, 6.07) is 23.4. The number of carbonyl (C=O) groups is 4. The van der Waals surface area contributed by atoms with E-state index in [0.717, 1.165) is 89.2 Å². The number of hydrogen-bond donors (Lipinski definition) is 3. The first-order chi connectivity index (χ1) is 45.9. The summed E-state index contributed by atoms with van der Waals surface area (Å²) in [6.07, 6.45) is 15.1. The molecule has 0 amide bonds. The predicted molar refractivity (Wildman–Crippen MR) is 406 cm³/mol. The molecule has 1 aliphatic heterocycles. The number of ether oxygens (including phenoxy) is 5. The molecule has 0 spiro atoms. The molecule has 4 heterocycles. The zero-order chi connectivity index (χ0) is 71.7. The van der Waals surface area contributed by atoms with Gasteiger partial charge in [0.25, 0.3) is 0 Å². The third kappa shape index (κ3) is 28.6. The monoisotopic (exact) mass is 1620 g/mol. The van der Waals surface area contributed by atoms with Gasteiger partial charge in [-0.25, -0.2) is 31.8 Å². The van der Waals surface area contributed by atoms with E-state index in [2.05, 4.69) is 96.9 Å². The van der Waals surface area contributed by atoms with Crippen molar-refractivity contribution < 1.29 is 112 Å². The number of thiazole rings is 3. The van der Waals surface area contributed by atoms with Crippen molar-refractivity contribution in [1.29, 1.82) is 0 Å². The Morgan fingerprint density at radius 3 is 1.31 bits per heavy atom. The second-order valence-electron chi connectivity index (χ2n) is 31.3. The van der Waals surface area contributed by atoms with Gasteiger partial charge in [-0.15, -0.1) is 34.0 Å². The number of para-hydroxylation sites is 3. The number of nitrogens with zero attached hydrogens (tertiary/aromatic N) is 3. The van der Waals surface area contributed by atoms with Crippen LogP contribution in [0.2, 0.25) is 0 Å². The summed E-state index contributed by atoms with van der Waals surface area (Å²) >= 11 is 6.20. The first-order valence-corrected chi connectivity index (χ1v) is 40.9. The third-order valence-corrected chi connectivity index (χ3v) is 28.5. The van der Waals surface area contributed by atoms with Crippen molar-refractivity contribution in [3.8, 4) is 0 Å². The summed E-state index contributed by atoms with van der Waals surface area (Å²) in [7, 11) is -2.40. The molecule has 14 rings (SSSR count). The average molecular weight is 1630 g/mol. The quantitative estimate of drug-likeness (QED) is 0.0288. The fourth-order valence-corrected chi connectivity index (χ4v) is 22.7. The van der Waals surface area contributed by atoms with Crippen molar-refractivity contribution in [1.82, 2.24) is 15.0 Å². The van der Waals surface area contributed by atoms with E-state index in [4.69, 9.17) is 19.6 Å². The number of Topliss-reactive ketones (excluding diaryl/α,β-unsaturated/α-hetero) is 1. The van der Waals surface area contributed by atoms with Gasteiger partial charge in [0.15, 0.2) is 10.6 Å². The standard InChI is InChI=1S/C18H23NO2S2.C14H17NO2S2.C13H15NO3S2.C8H14O2.C7H12O3.C7H14O.C6H8O3.CH3.Al.BrH.Li.Mg.H/c1-18(21-16-8-4-5-9-20-16)10-13(11-18)12-22-17-19-14-6-2-3-7-15(14)23-17;1-14(2)7-10(8-14)9-19(16,17)13-15-11-5-3-4-6-12(11)18-13;1-13(15)6-9(7-13)8-19(16,17)12-14-10-4-2-3-5-11(10)18-12;1-8(2)4-6(5-8)7(9)10-3;1-7(9)3-5(4-7)6(8)10-2;1-7(2)3-6(4-7)5-8;1-9-6(8)4-2-5(7)3-4;;;;;;/h2-3,6-7,13,16H,4-5,8-12H2,1H3;3-6,10H,7-9H2,1-2H3;2-5,9,15H,6-8H2,1H3;6H,4-5H2,1-3H3;5,9H,3-4H2,1-2H3;6,8H,3-5H2,1-2H3;4H,2-3H2,1H3;1H3;;1H;;;/q;;;;;;;-1;;;+1;+2;-1/p-1. The maximum absolute atomic E-state index is 12.4. The van der Waals surface area contributed by atoms with Gasteiger partial charge in [0, 0.05) is 49.2 Å². The molecule has 7 aliphatic carbocycles. The van der Waals surface area contributed by atoms with Gasteiger partial charge < -0.3 is 64.8 Å². The van der Waals surface area contributed by atoms with Crippen molar-refractivity contribution >= 4 is 160 Å². The van der Waals surface area contributed by atoms with Crippen LogP contribution in [0, 0.1) is 65.1 Å². The number of thioether (sulfide) groups is 1. The summed E-state index contributed by atoms with van der Waals surface area (Å²) in [6.45, 7) is 20.2. The van der Waals surface area contributed by atoms with Gasteiger partial charge in [-0.05, 0) is 193 Å². The predicted octanol–water partition coefficient (Wildman–Crippen LogP) is 8.12. The molecule has 563 valence electrons. The van der Waals surface area contributed by atoms with Crippen LogP contribution in [0.1, 0.15) is 173 Å². The molecule has 8 aliphatic rings. The first kappa shape index (κ1) is 95.0. The molecule has 1 unspecified atom stereocenters. The van der Waals surface area contributed by atoms with Gasteiger partial charge in [0.05, 0.1) is 98.0 Å². The van der Waals surface area contributed by atoms with E-state index in [0.29, 0.717) is 73.2 Å². The zero-order valence-electron chi connectivity index (χ0n) is 63.7. The van der Waals surface area contributed by atoms with E-state index in [9.17, 15) is 46.2 Å². The number of ketones is 1. The van der Waals surface area contributed by atoms with Crippen LogP contribution >= 0.6 is 45.8 Å². The number of esters is 3. The number of methoxy groups -OCH3 is 3. The second-order valence-corrected chi connectivity index (χ2v) is 40.0. The van der Waals surface area contributed by atoms with E-state index in [1.807, 2.05) is 60.3 Å². The van der Waals surface area contributed by atoms with Crippen molar-refractivity contribution in [2.24, 2.45) is 57.7 Å². The molecule has 3 N–H and O–H groups in total. The molecule has 103 heavy (non-hydrogen) atoms. The number of aromatic nitrogens is 3. The van der Waals surface area contributed by atoms with Crippen molar-refractivity contribution in [2.45, 2.75) is 208 Å². The third-order valence-electron chi connectivity index (χ3n) is 19.3. The topological polar surface area (TPSA) is 282 Å². The largest absolute Gasteiger partial charge is 2.00 e. The Hall–Kier alpha value is -2.16. The van der Waals surface area contributed by atoms with Crippen LogP contribution in [0.5, 0.6) is 0 Å². The molecule has 3 aromatic carbocycles.